The third kappa shape index (κ3) is 9.44. The molecular formula is C37H32F8N2O4. The molecule has 0 atom stereocenters. The van der Waals surface area contributed by atoms with Crippen molar-refractivity contribution in [3.8, 4) is 11.5 Å². The molecule has 270 valence electrons. The van der Waals surface area contributed by atoms with E-state index in [1.807, 2.05) is 6.92 Å². The van der Waals surface area contributed by atoms with E-state index in [2.05, 4.69) is 16.1 Å². The summed E-state index contributed by atoms with van der Waals surface area (Å²) in [6, 6.07) is 15.9. The van der Waals surface area contributed by atoms with Crippen LogP contribution < -0.4 is 9.47 Å². The van der Waals surface area contributed by atoms with Crippen molar-refractivity contribution in [3.05, 3.63) is 136 Å². The Balaban J connectivity index is 0.000000224. The van der Waals surface area contributed by atoms with E-state index in [0.717, 1.165) is 0 Å². The van der Waals surface area contributed by atoms with E-state index in [1.54, 1.807) is 4.90 Å². The zero-order valence-electron chi connectivity index (χ0n) is 26.3. The molecule has 2 aliphatic heterocycles. The van der Waals surface area contributed by atoms with Gasteiger partial charge >= 0.3 is 12.7 Å². The topological polar surface area (TPSA) is 59.1 Å². The fraction of sp³-hybridized carbons (Fsp3) is 0.243. The second kappa shape index (κ2) is 15.2. The van der Waals surface area contributed by atoms with E-state index in [-0.39, 0.29) is 62.7 Å². The van der Waals surface area contributed by atoms with Gasteiger partial charge in [0.1, 0.15) is 23.1 Å². The second-order valence-corrected chi connectivity index (χ2v) is 11.4. The number of amides is 2. The van der Waals surface area contributed by atoms with Crippen molar-refractivity contribution in [1.82, 2.24) is 9.80 Å². The number of nitrogens with zero attached hydrogens (tertiary/aromatic N) is 2. The molecule has 0 saturated heterocycles. The number of carbonyl (C=O) groups excluding carboxylic acids is 2. The molecule has 2 aliphatic rings. The molecule has 6 rings (SSSR count). The lowest BCUT2D eigenvalue weighted by Gasteiger charge is -2.16. The van der Waals surface area contributed by atoms with Gasteiger partial charge in [-0.2, -0.15) is 0 Å². The monoisotopic (exact) mass is 720 g/mol. The van der Waals surface area contributed by atoms with E-state index >= 15 is 0 Å². The molecule has 0 spiro atoms. The highest BCUT2D eigenvalue weighted by Crippen LogP contribution is 2.32. The van der Waals surface area contributed by atoms with Crippen LogP contribution in [-0.2, 0) is 32.6 Å². The predicted molar refractivity (Wildman–Crippen MR) is 172 cm³/mol. The molecule has 0 bridgehead atoms. The van der Waals surface area contributed by atoms with Gasteiger partial charge in [0.2, 0.25) is 0 Å². The maximum absolute atomic E-state index is 13.6. The van der Waals surface area contributed by atoms with Crippen LogP contribution in [0, 0.1) is 11.6 Å². The number of hydrogen-bond acceptors (Lipinski definition) is 4. The van der Waals surface area contributed by atoms with E-state index in [9.17, 15) is 44.7 Å². The van der Waals surface area contributed by atoms with Crippen molar-refractivity contribution >= 4 is 17.9 Å². The summed E-state index contributed by atoms with van der Waals surface area (Å²) < 4.78 is 108. The van der Waals surface area contributed by atoms with Crippen LogP contribution in [0.4, 0.5) is 35.1 Å². The van der Waals surface area contributed by atoms with Crippen LogP contribution in [-0.4, -0.2) is 34.3 Å². The number of halogens is 8. The molecular weight excluding hydrogens is 688 g/mol. The van der Waals surface area contributed by atoms with Crippen molar-refractivity contribution in [2.75, 3.05) is 0 Å². The number of hydrogen-bond donors (Lipinski definition) is 0. The number of carbonyl (C=O) groups is 2. The average molecular weight is 721 g/mol. The largest absolute Gasteiger partial charge is 0.573 e. The molecule has 14 heteroatoms. The Hall–Kier alpha value is -5.40. The molecule has 0 unspecified atom stereocenters. The van der Waals surface area contributed by atoms with Crippen LogP contribution in [0.2, 0.25) is 0 Å². The number of rotatable bonds is 8. The quantitative estimate of drug-likeness (QED) is 0.170. The van der Waals surface area contributed by atoms with Crippen molar-refractivity contribution < 1.29 is 54.2 Å². The van der Waals surface area contributed by atoms with Gasteiger partial charge in [0.05, 0.1) is 5.56 Å². The highest BCUT2D eigenvalue weighted by Gasteiger charge is 2.33. The lowest BCUT2D eigenvalue weighted by Crippen LogP contribution is -2.23. The fourth-order valence-electron chi connectivity index (χ4n) is 5.80. The Labute approximate surface area is 288 Å². The van der Waals surface area contributed by atoms with Gasteiger partial charge in [-0.15, -0.1) is 26.3 Å². The molecule has 0 radical (unpaired) electrons. The predicted octanol–water partition coefficient (Wildman–Crippen LogP) is 9.60. The van der Waals surface area contributed by atoms with Crippen molar-refractivity contribution in [1.29, 1.82) is 0 Å². The Kier molecular flexibility index (Phi) is 11.5. The molecule has 0 N–H and O–H groups in total. The van der Waals surface area contributed by atoms with Crippen LogP contribution in [0.3, 0.4) is 0 Å². The van der Waals surface area contributed by atoms with Gasteiger partial charge < -0.3 is 19.3 Å². The summed E-state index contributed by atoms with van der Waals surface area (Å²) in [6.45, 7) is 6.37. The number of benzene rings is 4. The number of ether oxygens (including phenoxy) is 2. The summed E-state index contributed by atoms with van der Waals surface area (Å²) in [6.07, 6.45) is -7.52. The highest BCUT2D eigenvalue weighted by molar-refractivity contribution is 6.01. The van der Waals surface area contributed by atoms with E-state index in [0.29, 0.717) is 50.9 Å². The van der Waals surface area contributed by atoms with Gasteiger partial charge in [-0.25, -0.2) is 8.78 Å². The van der Waals surface area contributed by atoms with Crippen LogP contribution in [0.1, 0.15) is 68.4 Å². The van der Waals surface area contributed by atoms with Crippen LogP contribution in [0.15, 0.2) is 79.4 Å². The van der Waals surface area contributed by atoms with Crippen LogP contribution >= 0.6 is 0 Å². The molecule has 2 heterocycles. The summed E-state index contributed by atoms with van der Waals surface area (Å²) in [7, 11) is 0. The lowest BCUT2D eigenvalue weighted by atomic mass is 10.0. The summed E-state index contributed by atoms with van der Waals surface area (Å²) in [5.74, 6) is -1.93. The molecule has 4 aromatic rings. The lowest BCUT2D eigenvalue weighted by molar-refractivity contribution is -0.275. The number of alkyl halides is 6. The van der Waals surface area contributed by atoms with E-state index < -0.39 is 18.5 Å². The molecule has 51 heavy (non-hydrogen) atoms. The van der Waals surface area contributed by atoms with Gasteiger partial charge in [-0.3, -0.25) is 9.59 Å². The standard InChI is InChI=1S/C18H15F4NO2.C18H13F4NO2.CH4/c2*1-2-12-7-14(19)8-13-10-23(17(24)16(12)13)9-11-3-5-15(6-4-11)25-18(20,21)22;/h3-8H,2,9-10H2,1H3;2-8H,1,9-10H2;1H4. The molecule has 6 nitrogen and oxygen atoms in total. The first-order chi connectivity index (χ1) is 23.5. The minimum absolute atomic E-state index is 0. The Morgan fingerprint density at radius 2 is 1.10 bits per heavy atom. The summed E-state index contributed by atoms with van der Waals surface area (Å²) in [5, 5.41) is 0. The summed E-state index contributed by atoms with van der Waals surface area (Å²) in [5.41, 5.74) is 4.53. The third-order valence-corrected chi connectivity index (χ3v) is 7.87. The second-order valence-electron chi connectivity index (χ2n) is 11.4. The van der Waals surface area contributed by atoms with Gasteiger partial charge in [0, 0.05) is 31.7 Å². The van der Waals surface area contributed by atoms with Gasteiger partial charge in [-0.05, 0) is 88.3 Å². The molecule has 0 aliphatic carbocycles. The number of fused-ring (bicyclic) bond motifs is 2. The fourth-order valence-corrected chi connectivity index (χ4v) is 5.80. The van der Waals surface area contributed by atoms with Gasteiger partial charge in [0.25, 0.3) is 11.8 Å². The zero-order chi connectivity index (χ0) is 36.4. The molecule has 0 aromatic heterocycles. The molecule has 4 aromatic carbocycles. The minimum Gasteiger partial charge on any atom is -0.406 e. The third-order valence-electron chi connectivity index (χ3n) is 7.87. The van der Waals surface area contributed by atoms with Gasteiger partial charge in [-0.1, -0.05) is 51.3 Å². The zero-order valence-corrected chi connectivity index (χ0v) is 26.3. The van der Waals surface area contributed by atoms with Crippen molar-refractivity contribution in [2.24, 2.45) is 0 Å². The SMILES string of the molecule is C.C=Cc1cc(F)cc2c1C(=O)N(Cc1ccc(OC(F)(F)F)cc1)C2.CCc1cc(F)cc2c1C(=O)N(Cc1ccc(OC(F)(F)F)cc1)C2. The Morgan fingerprint density at radius 1 is 0.686 bits per heavy atom. The van der Waals surface area contributed by atoms with Crippen molar-refractivity contribution in [3.63, 3.8) is 0 Å². The Morgan fingerprint density at radius 3 is 1.51 bits per heavy atom. The van der Waals surface area contributed by atoms with Crippen molar-refractivity contribution in [2.45, 2.75) is 59.7 Å². The number of aryl methyl sites for hydroxylation is 1. The molecule has 0 saturated carbocycles. The highest BCUT2D eigenvalue weighted by atomic mass is 19.4. The van der Waals surface area contributed by atoms with Gasteiger partial charge in [0.15, 0.2) is 0 Å². The molecule has 2 amide bonds. The first-order valence-corrected chi connectivity index (χ1v) is 15.1. The smallest absolute Gasteiger partial charge is 0.406 e. The van der Waals surface area contributed by atoms with Crippen LogP contribution in [0.25, 0.3) is 6.08 Å². The minimum atomic E-state index is -4.75. The Bertz CT molecular complexity index is 1910. The van der Waals surface area contributed by atoms with Crippen LogP contribution in [0.5, 0.6) is 11.5 Å². The normalized spacial score (nSPS) is 13.6. The summed E-state index contributed by atoms with van der Waals surface area (Å²) >= 11 is 0. The molecule has 0 fully saturated rings. The average Bonchev–Trinajstić information content (AvgIpc) is 3.51. The maximum atomic E-state index is 13.6. The first-order valence-electron chi connectivity index (χ1n) is 15.1. The van der Waals surface area contributed by atoms with E-state index in [4.69, 9.17) is 0 Å². The maximum Gasteiger partial charge on any atom is 0.573 e. The first kappa shape index (κ1) is 38.4. The summed E-state index contributed by atoms with van der Waals surface area (Å²) in [4.78, 5) is 28.1. The van der Waals surface area contributed by atoms with E-state index in [1.165, 1.54) is 83.8 Å².